The van der Waals surface area contributed by atoms with Crippen LogP contribution >= 0.6 is 0 Å². The first-order valence-electron chi connectivity index (χ1n) is 10.8. The number of H-pyrrole nitrogens is 1. The summed E-state index contributed by atoms with van der Waals surface area (Å²) < 4.78 is 38.9. The van der Waals surface area contributed by atoms with Gasteiger partial charge in [0.05, 0.1) is 17.6 Å². The Hall–Kier alpha value is -3.98. The average Bonchev–Trinajstić information content (AvgIpc) is 3.14. The molecule has 1 heterocycles. The monoisotopic (exact) mass is 494 g/mol. The molecule has 0 spiro atoms. The van der Waals surface area contributed by atoms with Gasteiger partial charge in [-0.3, -0.25) is 4.72 Å². The number of nitrogens with one attached hydrogen (secondary N) is 2. The molecule has 4 aromatic rings. The van der Waals surface area contributed by atoms with Crippen LogP contribution in [-0.4, -0.2) is 31.8 Å². The fourth-order valence-corrected chi connectivity index (χ4v) is 4.84. The predicted molar refractivity (Wildman–Crippen MR) is 135 cm³/mol. The topological polar surface area (TPSA) is 118 Å². The van der Waals surface area contributed by atoms with Crippen molar-refractivity contribution >= 4 is 32.8 Å². The van der Waals surface area contributed by atoms with E-state index in [4.69, 9.17) is 9.47 Å². The number of benzene rings is 3. The van der Waals surface area contributed by atoms with E-state index in [0.29, 0.717) is 33.5 Å². The summed E-state index contributed by atoms with van der Waals surface area (Å²) in [7, 11) is -2.29. The summed E-state index contributed by atoms with van der Waals surface area (Å²) in [4.78, 5) is 14.4. The van der Waals surface area contributed by atoms with E-state index in [2.05, 4.69) is 30.5 Å². The Kier molecular flexibility index (Phi) is 6.21. The zero-order valence-corrected chi connectivity index (χ0v) is 20.6. The van der Waals surface area contributed by atoms with Crippen molar-refractivity contribution in [2.45, 2.75) is 31.1 Å². The van der Waals surface area contributed by atoms with E-state index >= 15 is 0 Å². The number of aromatic amines is 1. The second-order valence-electron chi connectivity index (χ2n) is 9.07. The van der Waals surface area contributed by atoms with E-state index in [-0.39, 0.29) is 16.2 Å². The Balaban J connectivity index is 1.74. The fourth-order valence-electron chi connectivity index (χ4n) is 3.79. The molecule has 35 heavy (non-hydrogen) atoms. The maximum Gasteiger partial charge on any atom is 0.512 e. The van der Waals surface area contributed by atoms with Crippen molar-refractivity contribution in [3.8, 4) is 22.8 Å². The zero-order chi connectivity index (χ0) is 25.4. The van der Waals surface area contributed by atoms with Gasteiger partial charge in [-0.1, -0.05) is 45.0 Å². The summed E-state index contributed by atoms with van der Waals surface area (Å²) in [5.74, 6) is 0.677. The van der Waals surface area contributed by atoms with E-state index in [9.17, 15) is 18.3 Å². The first-order chi connectivity index (χ1) is 16.5. The molecule has 0 aliphatic rings. The number of ether oxygens (including phenoxy) is 2. The molecule has 0 radical (unpaired) electrons. The number of hydrogen-bond donors (Lipinski definition) is 3. The molecule has 0 atom stereocenters. The first kappa shape index (κ1) is 24.2. The lowest BCUT2D eigenvalue weighted by molar-refractivity contribution is 0.143. The van der Waals surface area contributed by atoms with E-state index in [1.165, 1.54) is 0 Å². The van der Waals surface area contributed by atoms with Gasteiger partial charge in [0.15, 0.2) is 0 Å². The molecule has 0 amide bonds. The van der Waals surface area contributed by atoms with E-state index in [0.717, 1.165) is 5.56 Å². The number of carbonyl (C=O) groups is 1. The predicted octanol–water partition coefficient (Wildman–Crippen LogP) is 6.00. The SMILES string of the molecule is COc1ccc(-c2c(OC(=O)O)[nH]c3ccc(NS(=O)(=O)c4ccc(C(C)(C)C)cc4)cc23)cc1. The standard InChI is InChI=1S/C26H26N2O6S/c1-26(2,3)17-7-12-20(13-8-17)35(31,32)28-18-9-14-22-21(15-18)23(24(27-22)34-25(29)30)16-5-10-19(33-4)11-6-16/h5-15,27-28H,1-4H3,(H,29,30). The van der Waals surface area contributed by atoms with Crippen molar-refractivity contribution in [1.82, 2.24) is 4.98 Å². The number of carboxylic acid groups (broad SMARTS) is 1. The lowest BCUT2D eigenvalue weighted by Gasteiger charge is -2.19. The Morgan fingerprint density at radius 1 is 0.971 bits per heavy atom. The molecule has 0 unspecified atom stereocenters. The molecular weight excluding hydrogens is 468 g/mol. The lowest BCUT2D eigenvalue weighted by Crippen LogP contribution is -2.14. The summed E-state index contributed by atoms with van der Waals surface area (Å²) in [6, 6.07) is 18.7. The van der Waals surface area contributed by atoms with Crippen LogP contribution in [0.5, 0.6) is 11.6 Å². The van der Waals surface area contributed by atoms with Crippen LogP contribution in [0.1, 0.15) is 26.3 Å². The average molecular weight is 495 g/mol. The van der Waals surface area contributed by atoms with Gasteiger partial charge < -0.3 is 19.6 Å². The smallest absolute Gasteiger partial charge is 0.497 e. The lowest BCUT2D eigenvalue weighted by atomic mass is 9.87. The van der Waals surface area contributed by atoms with Crippen LogP contribution in [0.2, 0.25) is 0 Å². The third kappa shape index (κ3) is 5.09. The highest BCUT2D eigenvalue weighted by Gasteiger charge is 2.21. The van der Waals surface area contributed by atoms with Crippen LogP contribution < -0.4 is 14.2 Å². The molecule has 0 aliphatic carbocycles. The van der Waals surface area contributed by atoms with Crippen LogP contribution in [0.4, 0.5) is 10.5 Å². The highest BCUT2D eigenvalue weighted by atomic mass is 32.2. The molecule has 0 fully saturated rings. The molecule has 3 aromatic carbocycles. The molecule has 0 bridgehead atoms. The molecule has 0 saturated heterocycles. The van der Waals surface area contributed by atoms with Gasteiger partial charge in [-0.25, -0.2) is 13.2 Å². The van der Waals surface area contributed by atoms with Gasteiger partial charge >= 0.3 is 6.16 Å². The highest BCUT2D eigenvalue weighted by molar-refractivity contribution is 7.92. The zero-order valence-electron chi connectivity index (χ0n) is 19.7. The molecule has 1 aromatic heterocycles. The Morgan fingerprint density at radius 2 is 1.63 bits per heavy atom. The molecule has 9 heteroatoms. The van der Waals surface area contributed by atoms with Gasteiger partial charge in [-0.15, -0.1) is 0 Å². The summed E-state index contributed by atoms with van der Waals surface area (Å²) in [5, 5.41) is 9.79. The largest absolute Gasteiger partial charge is 0.512 e. The quantitative estimate of drug-likeness (QED) is 0.283. The van der Waals surface area contributed by atoms with Crippen molar-refractivity contribution in [2.75, 3.05) is 11.8 Å². The number of rotatable bonds is 6. The number of methoxy groups -OCH3 is 1. The van der Waals surface area contributed by atoms with Crippen molar-refractivity contribution in [3.05, 3.63) is 72.3 Å². The fraction of sp³-hybridized carbons (Fsp3) is 0.192. The number of fused-ring (bicyclic) bond motifs is 1. The summed E-state index contributed by atoms with van der Waals surface area (Å²) >= 11 is 0. The number of hydrogen-bond acceptors (Lipinski definition) is 5. The minimum absolute atomic E-state index is 0.0374. The Labute approximate surface area is 203 Å². The molecule has 0 aliphatic heterocycles. The molecule has 182 valence electrons. The van der Waals surface area contributed by atoms with Gasteiger partial charge in [-0.2, -0.15) is 0 Å². The third-order valence-corrected chi connectivity index (χ3v) is 7.01. The highest BCUT2D eigenvalue weighted by Crippen LogP contribution is 2.39. The van der Waals surface area contributed by atoms with Gasteiger partial charge in [0.25, 0.3) is 10.0 Å². The first-order valence-corrected chi connectivity index (χ1v) is 12.3. The van der Waals surface area contributed by atoms with Crippen LogP contribution in [0.25, 0.3) is 22.0 Å². The number of sulfonamides is 1. The Morgan fingerprint density at radius 3 is 2.20 bits per heavy atom. The van der Waals surface area contributed by atoms with Gasteiger partial charge in [0.1, 0.15) is 5.75 Å². The summed E-state index contributed by atoms with van der Waals surface area (Å²) in [6.07, 6.45) is -1.47. The van der Waals surface area contributed by atoms with E-state index < -0.39 is 16.2 Å². The maximum atomic E-state index is 13.0. The second kappa shape index (κ2) is 8.99. The van der Waals surface area contributed by atoms with Crippen molar-refractivity contribution in [1.29, 1.82) is 0 Å². The minimum Gasteiger partial charge on any atom is -0.497 e. The van der Waals surface area contributed by atoms with Crippen LogP contribution in [-0.2, 0) is 15.4 Å². The molecule has 3 N–H and O–H groups in total. The van der Waals surface area contributed by atoms with Gasteiger partial charge in [0, 0.05) is 16.6 Å². The van der Waals surface area contributed by atoms with Crippen LogP contribution in [0.3, 0.4) is 0 Å². The molecule has 0 saturated carbocycles. The van der Waals surface area contributed by atoms with E-state index in [1.54, 1.807) is 73.8 Å². The van der Waals surface area contributed by atoms with Crippen LogP contribution in [0.15, 0.2) is 71.6 Å². The van der Waals surface area contributed by atoms with Gasteiger partial charge in [0.2, 0.25) is 5.88 Å². The van der Waals surface area contributed by atoms with E-state index in [1.807, 2.05) is 0 Å². The van der Waals surface area contributed by atoms with Crippen LogP contribution in [0, 0.1) is 0 Å². The van der Waals surface area contributed by atoms with Gasteiger partial charge in [-0.05, 0) is 59.0 Å². The minimum atomic E-state index is -3.85. The van der Waals surface area contributed by atoms with Crippen molar-refractivity contribution in [2.24, 2.45) is 0 Å². The maximum absolute atomic E-state index is 13.0. The Bertz CT molecular complexity index is 1480. The van der Waals surface area contributed by atoms with Crippen molar-refractivity contribution < 1.29 is 27.8 Å². The number of aromatic nitrogens is 1. The number of anilines is 1. The summed E-state index contributed by atoms with van der Waals surface area (Å²) in [6.45, 7) is 6.18. The van der Waals surface area contributed by atoms with Crippen molar-refractivity contribution in [3.63, 3.8) is 0 Å². The molecule has 4 rings (SSSR count). The normalized spacial score (nSPS) is 11.9. The molecular formula is C26H26N2O6S. The third-order valence-electron chi connectivity index (χ3n) is 5.62. The summed E-state index contributed by atoms with van der Waals surface area (Å²) in [5.41, 5.74) is 3.01. The second-order valence-corrected chi connectivity index (χ2v) is 10.7. The molecule has 8 nitrogen and oxygen atoms in total.